The van der Waals surface area contributed by atoms with Crippen LogP contribution < -0.4 is 15.1 Å². The maximum absolute atomic E-state index is 12.8. The van der Waals surface area contributed by atoms with Crippen LogP contribution >= 0.6 is 11.6 Å². The summed E-state index contributed by atoms with van der Waals surface area (Å²) in [5, 5.41) is 0.477. The molecular formula is C17H18ClN3O4S. The Morgan fingerprint density at radius 1 is 1.08 bits per heavy atom. The minimum absolute atomic E-state index is 0.0425. The van der Waals surface area contributed by atoms with Gasteiger partial charge in [-0.25, -0.2) is 13.2 Å². The van der Waals surface area contributed by atoms with Gasteiger partial charge in [0.25, 0.3) is 10.0 Å². The van der Waals surface area contributed by atoms with E-state index < -0.39 is 10.0 Å². The number of halogens is 1. The van der Waals surface area contributed by atoms with Crippen molar-refractivity contribution >= 4 is 38.3 Å². The predicted molar refractivity (Wildman–Crippen MR) is 102 cm³/mol. The summed E-state index contributed by atoms with van der Waals surface area (Å²) >= 11 is 6.06. The van der Waals surface area contributed by atoms with E-state index in [-0.39, 0.29) is 16.3 Å². The lowest BCUT2D eigenvalue weighted by molar-refractivity contribution is 0.417. The van der Waals surface area contributed by atoms with Crippen LogP contribution in [0, 0.1) is 6.92 Å². The molecule has 3 aromatic rings. The number of fused-ring (bicyclic) bond motifs is 1. The number of anilines is 1. The number of ether oxygens (including phenoxy) is 1. The van der Waals surface area contributed by atoms with E-state index in [9.17, 15) is 13.2 Å². The number of aryl methyl sites for hydroxylation is 3. The molecule has 3 rings (SSSR count). The molecule has 1 aromatic heterocycles. The Kier molecular flexibility index (Phi) is 4.49. The topological polar surface area (TPSA) is 82.3 Å². The number of aromatic nitrogens is 2. The Labute approximate surface area is 155 Å². The van der Waals surface area contributed by atoms with Crippen LogP contribution in [0.2, 0.25) is 5.02 Å². The summed E-state index contributed by atoms with van der Waals surface area (Å²) in [5.41, 5.74) is 1.95. The van der Waals surface area contributed by atoms with Crippen LogP contribution in [-0.2, 0) is 24.1 Å². The average molecular weight is 396 g/mol. The molecule has 0 atom stereocenters. The molecule has 138 valence electrons. The average Bonchev–Trinajstić information content (AvgIpc) is 2.82. The number of nitrogens with one attached hydrogen (secondary N) is 1. The van der Waals surface area contributed by atoms with E-state index in [0.717, 1.165) is 0 Å². The van der Waals surface area contributed by atoms with Crippen LogP contribution in [0.5, 0.6) is 5.75 Å². The van der Waals surface area contributed by atoms with Gasteiger partial charge in [-0.2, -0.15) is 0 Å². The third-order valence-corrected chi connectivity index (χ3v) is 6.05. The number of sulfonamides is 1. The van der Waals surface area contributed by atoms with E-state index in [2.05, 4.69) is 4.72 Å². The quantitative estimate of drug-likeness (QED) is 0.736. The third-order valence-electron chi connectivity index (χ3n) is 4.28. The Morgan fingerprint density at radius 2 is 1.73 bits per heavy atom. The van der Waals surface area contributed by atoms with Gasteiger partial charge in [0.15, 0.2) is 0 Å². The van der Waals surface area contributed by atoms with Gasteiger partial charge in [0.2, 0.25) is 0 Å². The molecule has 0 radical (unpaired) electrons. The number of nitrogens with zero attached hydrogens (tertiary/aromatic N) is 2. The molecule has 9 heteroatoms. The van der Waals surface area contributed by atoms with Gasteiger partial charge in [0.1, 0.15) is 5.75 Å². The van der Waals surface area contributed by atoms with E-state index in [1.807, 2.05) is 0 Å². The summed E-state index contributed by atoms with van der Waals surface area (Å²) < 4.78 is 36.2. The van der Waals surface area contributed by atoms with Gasteiger partial charge in [0, 0.05) is 25.2 Å². The monoisotopic (exact) mass is 395 g/mol. The third kappa shape index (κ3) is 2.95. The Morgan fingerprint density at radius 3 is 2.38 bits per heavy atom. The second-order valence-corrected chi connectivity index (χ2v) is 8.05. The zero-order valence-electron chi connectivity index (χ0n) is 14.7. The smallest absolute Gasteiger partial charge is 0.328 e. The van der Waals surface area contributed by atoms with Gasteiger partial charge >= 0.3 is 5.69 Å². The number of hydrogen-bond donors (Lipinski definition) is 1. The first kappa shape index (κ1) is 18.3. The van der Waals surface area contributed by atoms with E-state index in [1.165, 1.54) is 28.4 Å². The largest absolute Gasteiger partial charge is 0.495 e. The van der Waals surface area contributed by atoms with Gasteiger partial charge in [-0.05, 0) is 36.8 Å². The van der Waals surface area contributed by atoms with Gasteiger partial charge in [0.05, 0.1) is 28.7 Å². The molecule has 7 nitrogen and oxygen atoms in total. The van der Waals surface area contributed by atoms with Crippen molar-refractivity contribution in [1.29, 1.82) is 0 Å². The van der Waals surface area contributed by atoms with Crippen molar-refractivity contribution in [2.75, 3.05) is 11.8 Å². The minimum atomic E-state index is -3.89. The first-order valence-electron chi connectivity index (χ1n) is 7.68. The number of hydrogen-bond acceptors (Lipinski definition) is 4. The zero-order valence-corrected chi connectivity index (χ0v) is 16.3. The minimum Gasteiger partial charge on any atom is -0.495 e. The molecule has 0 amide bonds. The molecule has 2 aromatic carbocycles. The maximum Gasteiger partial charge on any atom is 0.328 e. The second kappa shape index (κ2) is 6.37. The molecule has 0 bridgehead atoms. The van der Waals surface area contributed by atoms with Crippen molar-refractivity contribution in [2.24, 2.45) is 14.1 Å². The van der Waals surface area contributed by atoms with Gasteiger partial charge in [-0.1, -0.05) is 11.6 Å². The standard InChI is InChI=1S/C17H18ClN3O4S/c1-10-7-13(16(25-4)9-12(10)18)19-26(23,24)11-5-6-14-15(8-11)21(3)17(22)20(14)2/h5-9,19H,1-4H3. The highest BCUT2D eigenvalue weighted by Crippen LogP contribution is 2.32. The Bertz CT molecular complexity index is 1180. The normalized spacial score (nSPS) is 11.7. The van der Waals surface area contributed by atoms with Crippen molar-refractivity contribution in [1.82, 2.24) is 9.13 Å². The van der Waals surface area contributed by atoms with Gasteiger partial charge in [-0.3, -0.25) is 13.9 Å². The fraction of sp³-hybridized carbons (Fsp3) is 0.235. The number of rotatable bonds is 4. The molecule has 1 N–H and O–H groups in total. The molecule has 0 aliphatic carbocycles. The molecule has 26 heavy (non-hydrogen) atoms. The van der Waals surface area contributed by atoms with Crippen LogP contribution in [0.15, 0.2) is 40.0 Å². The molecule has 0 fully saturated rings. The lowest BCUT2D eigenvalue weighted by Gasteiger charge is -2.14. The predicted octanol–water partition coefficient (Wildman–Crippen LogP) is 2.65. The number of imidazole rings is 1. The fourth-order valence-corrected chi connectivity index (χ4v) is 4.00. The highest BCUT2D eigenvalue weighted by Gasteiger charge is 2.19. The van der Waals surface area contributed by atoms with Crippen LogP contribution in [0.1, 0.15) is 5.56 Å². The molecule has 0 aliphatic rings. The lowest BCUT2D eigenvalue weighted by Crippen LogP contribution is -2.19. The van der Waals surface area contributed by atoms with Crippen LogP contribution in [-0.4, -0.2) is 24.7 Å². The molecule has 0 aliphatic heterocycles. The van der Waals surface area contributed by atoms with E-state index >= 15 is 0 Å². The number of methoxy groups -OCH3 is 1. The fourth-order valence-electron chi connectivity index (χ4n) is 2.77. The van der Waals surface area contributed by atoms with Crippen molar-refractivity contribution in [2.45, 2.75) is 11.8 Å². The van der Waals surface area contributed by atoms with E-state index in [1.54, 1.807) is 39.2 Å². The molecule has 1 heterocycles. The summed E-state index contributed by atoms with van der Waals surface area (Å²) in [7, 11) is 0.785. The first-order chi connectivity index (χ1) is 12.2. The van der Waals surface area contributed by atoms with E-state index in [4.69, 9.17) is 16.3 Å². The Hall–Kier alpha value is -2.45. The maximum atomic E-state index is 12.8. The second-order valence-electron chi connectivity index (χ2n) is 5.96. The first-order valence-corrected chi connectivity index (χ1v) is 9.54. The van der Waals surface area contributed by atoms with Crippen molar-refractivity contribution in [3.8, 4) is 5.75 Å². The highest BCUT2D eigenvalue weighted by atomic mass is 35.5. The van der Waals surface area contributed by atoms with Crippen molar-refractivity contribution in [3.05, 3.63) is 51.4 Å². The summed E-state index contributed by atoms with van der Waals surface area (Å²) in [6.07, 6.45) is 0. The highest BCUT2D eigenvalue weighted by molar-refractivity contribution is 7.92. The molecular weight excluding hydrogens is 378 g/mol. The summed E-state index contributed by atoms with van der Waals surface area (Å²) in [6, 6.07) is 7.69. The molecule has 0 saturated carbocycles. The molecule has 0 spiro atoms. The van der Waals surface area contributed by atoms with Crippen LogP contribution in [0.4, 0.5) is 5.69 Å². The SMILES string of the molecule is COc1cc(Cl)c(C)cc1NS(=O)(=O)c1ccc2c(c1)n(C)c(=O)n2C. The molecule has 0 saturated heterocycles. The summed E-state index contributed by atoms with van der Waals surface area (Å²) in [5.74, 6) is 0.317. The van der Waals surface area contributed by atoms with E-state index in [0.29, 0.717) is 27.4 Å². The summed E-state index contributed by atoms with van der Waals surface area (Å²) in [6.45, 7) is 1.77. The van der Waals surface area contributed by atoms with Gasteiger partial charge < -0.3 is 4.74 Å². The van der Waals surface area contributed by atoms with Crippen LogP contribution in [0.3, 0.4) is 0 Å². The zero-order chi connectivity index (χ0) is 19.2. The van der Waals surface area contributed by atoms with Crippen molar-refractivity contribution < 1.29 is 13.2 Å². The summed E-state index contributed by atoms with van der Waals surface area (Å²) in [4.78, 5) is 12.1. The van der Waals surface area contributed by atoms with Crippen molar-refractivity contribution in [3.63, 3.8) is 0 Å². The number of benzene rings is 2. The molecule has 0 unspecified atom stereocenters. The Balaban J connectivity index is 2.09. The lowest BCUT2D eigenvalue weighted by atomic mass is 10.2. The van der Waals surface area contributed by atoms with Crippen LogP contribution in [0.25, 0.3) is 11.0 Å². The van der Waals surface area contributed by atoms with Gasteiger partial charge in [-0.15, -0.1) is 0 Å².